The number of methoxy groups -OCH3 is 1. The van der Waals surface area contributed by atoms with Crippen LogP contribution < -0.4 is 9.46 Å². The van der Waals surface area contributed by atoms with Crippen molar-refractivity contribution in [3.8, 4) is 5.75 Å². The minimum absolute atomic E-state index is 0.143. The van der Waals surface area contributed by atoms with E-state index in [4.69, 9.17) is 16.3 Å². The van der Waals surface area contributed by atoms with Crippen molar-refractivity contribution in [2.24, 2.45) is 0 Å². The fraction of sp³-hybridized carbons (Fsp3) is 0.143. The predicted molar refractivity (Wildman–Crippen MR) is 91.2 cm³/mol. The number of rotatable bonds is 5. The van der Waals surface area contributed by atoms with Crippen molar-refractivity contribution in [1.82, 2.24) is 4.72 Å². The first-order valence-electron chi connectivity index (χ1n) is 6.00. The maximum absolute atomic E-state index is 12.3. The summed E-state index contributed by atoms with van der Waals surface area (Å²) in [6.45, 7) is 0.143. The summed E-state index contributed by atoms with van der Waals surface area (Å²) in [4.78, 5) is 0.194. The van der Waals surface area contributed by atoms with Crippen LogP contribution in [0, 0.1) is 3.57 Å². The van der Waals surface area contributed by atoms with Crippen LogP contribution >= 0.6 is 34.2 Å². The Bertz CT molecular complexity index is 750. The molecule has 7 heteroatoms. The zero-order valence-corrected chi connectivity index (χ0v) is 14.9. The third-order valence-corrected chi connectivity index (χ3v) is 5.45. The van der Waals surface area contributed by atoms with E-state index in [2.05, 4.69) is 4.72 Å². The lowest BCUT2D eigenvalue weighted by Gasteiger charge is -2.10. The molecule has 21 heavy (non-hydrogen) atoms. The third-order valence-electron chi connectivity index (χ3n) is 2.84. The van der Waals surface area contributed by atoms with Gasteiger partial charge in [-0.15, -0.1) is 0 Å². The van der Waals surface area contributed by atoms with Crippen molar-refractivity contribution in [3.05, 3.63) is 56.6 Å². The number of ether oxygens (including phenoxy) is 1. The van der Waals surface area contributed by atoms with Crippen LogP contribution in [-0.4, -0.2) is 15.5 Å². The molecule has 0 aliphatic rings. The van der Waals surface area contributed by atoms with Crippen molar-refractivity contribution in [2.45, 2.75) is 11.4 Å². The van der Waals surface area contributed by atoms with Crippen molar-refractivity contribution < 1.29 is 13.2 Å². The van der Waals surface area contributed by atoms with Gasteiger partial charge in [-0.3, -0.25) is 0 Å². The average Bonchev–Trinajstić information content (AvgIpc) is 2.46. The molecule has 0 aromatic heterocycles. The van der Waals surface area contributed by atoms with E-state index < -0.39 is 10.0 Å². The SMILES string of the molecule is COc1ccc(S(=O)(=O)NCc2ccccc2Cl)cc1I. The molecule has 2 aromatic rings. The molecule has 0 heterocycles. The Morgan fingerprint density at radius 3 is 2.57 bits per heavy atom. The van der Waals surface area contributed by atoms with Gasteiger partial charge in [-0.05, 0) is 52.4 Å². The maximum atomic E-state index is 12.3. The highest BCUT2D eigenvalue weighted by Gasteiger charge is 2.16. The smallest absolute Gasteiger partial charge is 0.240 e. The standard InChI is InChI=1S/C14H13ClINO3S/c1-20-14-7-6-11(8-13(14)16)21(18,19)17-9-10-4-2-3-5-12(10)15/h2-8,17H,9H2,1H3. The molecule has 2 rings (SSSR count). The van der Waals surface area contributed by atoms with E-state index in [1.165, 1.54) is 6.07 Å². The molecule has 0 saturated heterocycles. The van der Waals surface area contributed by atoms with Crippen LogP contribution in [0.15, 0.2) is 47.4 Å². The highest BCUT2D eigenvalue weighted by molar-refractivity contribution is 14.1. The quantitative estimate of drug-likeness (QED) is 0.729. The van der Waals surface area contributed by atoms with E-state index in [0.717, 1.165) is 9.13 Å². The third kappa shape index (κ3) is 4.09. The maximum Gasteiger partial charge on any atom is 0.240 e. The Morgan fingerprint density at radius 2 is 1.95 bits per heavy atom. The Labute approximate surface area is 142 Å². The fourth-order valence-corrected chi connectivity index (χ4v) is 3.89. The number of hydrogen-bond donors (Lipinski definition) is 1. The lowest BCUT2D eigenvalue weighted by atomic mass is 10.2. The highest BCUT2D eigenvalue weighted by Crippen LogP contribution is 2.24. The summed E-state index contributed by atoms with van der Waals surface area (Å²) < 4.78 is 32.9. The second-order valence-corrected chi connectivity index (χ2v) is 7.55. The topological polar surface area (TPSA) is 55.4 Å². The summed E-state index contributed by atoms with van der Waals surface area (Å²) in [6, 6.07) is 11.8. The zero-order chi connectivity index (χ0) is 15.5. The highest BCUT2D eigenvalue weighted by atomic mass is 127. The zero-order valence-electron chi connectivity index (χ0n) is 11.1. The Hall–Kier alpha value is -0.830. The second-order valence-electron chi connectivity index (χ2n) is 4.21. The van der Waals surface area contributed by atoms with Gasteiger partial charge >= 0.3 is 0 Å². The van der Waals surface area contributed by atoms with E-state index in [1.807, 2.05) is 28.7 Å². The summed E-state index contributed by atoms with van der Waals surface area (Å²) in [5, 5.41) is 0.532. The normalized spacial score (nSPS) is 11.4. The molecule has 0 aliphatic carbocycles. The van der Waals surface area contributed by atoms with Crippen LogP contribution in [-0.2, 0) is 16.6 Å². The molecule has 0 radical (unpaired) electrons. The van der Waals surface area contributed by atoms with E-state index >= 15 is 0 Å². The monoisotopic (exact) mass is 437 g/mol. The number of sulfonamides is 1. The van der Waals surface area contributed by atoms with Crippen molar-refractivity contribution in [1.29, 1.82) is 0 Å². The van der Waals surface area contributed by atoms with E-state index in [1.54, 1.807) is 37.4 Å². The van der Waals surface area contributed by atoms with Gasteiger partial charge < -0.3 is 4.74 Å². The van der Waals surface area contributed by atoms with Gasteiger partial charge in [-0.1, -0.05) is 29.8 Å². The number of nitrogens with one attached hydrogen (secondary N) is 1. The molecule has 0 fully saturated rings. The van der Waals surface area contributed by atoms with Gasteiger partial charge in [0.05, 0.1) is 15.6 Å². The molecule has 0 atom stereocenters. The average molecular weight is 438 g/mol. The van der Waals surface area contributed by atoms with Gasteiger partial charge in [0.2, 0.25) is 10.0 Å². The largest absolute Gasteiger partial charge is 0.496 e. The summed E-state index contributed by atoms with van der Waals surface area (Å²) in [5.41, 5.74) is 0.728. The molecule has 0 bridgehead atoms. The molecular weight excluding hydrogens is 425 g/mol. The Kier molecular flexibility index (Phi) is 5.48. The van der Waals surface area contributed by atoms with Crippen molar-refractivity contribution in [3.63, 3.8) is 0 Å². The molecule has 4 nitrogen and oxygen atoms in total. The van der Waals surface area contributed by atoms with E-state index in [9.17, 15) is 8.42 Å². The van der Waals surface area contributed by atoms with E-state index in [0.29, 0.717) is 10.8 Å². The van der Waals surface area contributed by atoms with Gasteiger partial charge in [0, 0.05) is 11.6 Å². The molecule has 1 N–H and O–H groups in total. The summed E-state index contributed by atoms with van der Waals surface area (Å²) in [7, 11) is -2.05. The van der Waals surface area contributed by atoms with Crippen LogP contribution in [0.25, 0.3) is 0 Å². The Morgan fingerprint density at radius 1 is 1.24 bits per heavy atom. The van der Waals surface area contributed by atoms with Crippen LogP contribution in [0.4, 0.5) is 0 Å². The van der Waals surface area contributed by atoms with Crippen molar-refractivity contribution >= 4 is 44.2 Å². The van der Waals surface area contributed by atoms with Gasteiger partial charge in [-0.25, -0.2) is 13.1 Å². The minimum atomic E-state index is -3.59. The van der Waals surface area contributed by atoms with E-state index in [-0.39, 0.29) is 11.4 Å². The summed E-state index contributed by atoms with van der Waals surface area (Å²) >= 11 is 8.04. The first kappa shape index (κ1) is 16.5. The van der Waals surface area contributed by atoms with Gasteiger partial charge in [-0.2, -0.15) is 0 Å². The predicted octanol–water partition coefficient (Wildman–Crippen LogP) is 3.43. The molecule has 2 aromatic carbocycles. The lowest BCUT2D eigenvalue weighted by Crippen LogP contribution is -2.23. The number of hydrogen-bond acceptors (Lipinski definition) is 3. The van der Waals surface area contributed by atoms with Crippen molar-refractivity contribution in [2.75, 3.05) is 7.11 Å². The number of benzene rings is 2. The van der Waals surface area contributed by atoms with Crippen LogP contribution in [0.2, 0.25) is 5.02 Å². The minimum Gasteiger partial charge on any atom is -0.496 e. The number of halogens is 2. The molecule has 0 spiro atoms. The summed E-state index contributed by atoms with van der Waals surface area (Å²) in [6.07, 6.45) is 0. The van der Waals surface area contributed by atoms with Crippen LogP contribution in [0.1, 0.15) is 5.56 Å². The molecule has 0 amide bonds. The first-order chi connectivity index (χ1) is 9.94. The van der Waals surface area contributed by atoms with Gasteiger partial charge in [0.25, 0.3) is 0 Å². The van der Waals surface area contributed by atoms with Crippen LogP contribution in [0.5, 0.6) is 5.75 Å². The van der Waals surface area contributed by atoms with Crippen LogP contribution in [0.3, 0.4) is 0 Å². The first-order valence-corrected chi connectivity index (χ1v) is 8.94. The molecule has 0 unspecified atom stereocenters. The molecular formula is C14H13ClINO3S. The van der Waals surface area contributed by atoms with Gasteiger partial charge in [0.1, 0.15) is 5.75 Å². The fourth-order valence-electron chi connectivity index (χ4n) is 1.71. The second kappa shape index (κ2) is 6.95. The molecule has 0 aliphatic heterocycles. The molecule has 112 valence electrons. The van der Waals surface area contributed by atoms with Gasteiger partial charge in [0.15, 0.2) is 0 Å². The molecule has 0 saturated carbocycles. The summed E-state index contributed by atoms with van der Waals surface area (Å²) in [5.74, 6) is 0.639. The Balaban J connectivity index is 2.19. The lowest BCUT2D eigenvalue weighted by molar-refractivity contribution is 0.411.